The van der Waals surface area contributed by atoms with Crippen molar-refractivity contribution in [1.82, 2.24) is 0 Å². The van der Waals surface area contributed by atoms with E-state index in [1.54, 1.807) is 25.1 Å². The number of esters is 2. The van der Waals surface area contributed by atoms with E-state index in [1.807, 2.05) is 0 Å². The molecule has 1 heterocycles. The first-order valence-corrected chi connectivity index (χ1v) is 9.97. The molecule has 0 bridgehead atoms. The molecule has 0 aliphatic carbocycles. The fourth-order valence-electron chi connectivity index (χ4n) is 3.19. The van der Waals surface area contributed by atoms with E-state index in [4.69, 9.17) is 38.4 Å². The van der Waals surface area contributed by atoms with E-state index in [2.05, 4.69) is 9.83 Å². The smallest absolute Gasteiger partial charge is 0.336 e. The molecule has 0 amide bonds. The quantitative estimate of drug-likeness (QED) is 0.344. The molecule has 12 heteroatoms. The van der Waals surface area contributed by atoms with Gasteiger partial charge in [0.05, 0.1) is 27.9 Å². The van der Waals surface area contributed by atoms with E-state index in [1.165, 1.54) is 13.8 Å². The molecule has 1 aromatic rings. The predicted octanol–water partition coefficient (Wildman–Crippen LogP) is 3.04. The van der Waals surface area contributed by atoms with Crippen LogP contribution in [0.4, 0.5) is 0 Å². The molecule has 168 valence electrons. The lowest BCUT2D eigenvalue weighted by molar-refractivity contribution is -0.767. The summed E-state index contributed by atoms with van der Waals surface area (Å²) in [5, 5.41) is 9.80. The van der Waals surface area contributed by atoms with Crippen LogP contribution in [0.5, 0.6) is 0 Å². The molecule has 1 aliphatic heterocycles. The third kappa shape index (κ3) is 5.65. The van der Waals surface area contributed by atoms with Crippen LogP contribution in [0.3, 0.4) is 0 Å². The van der Waals surface area contributed by atoms with Gasteiger partial charge in [-0.1, -0.05) is 35.3 Å². The zero-order valence-electron chi connectivity index (χ0n) is 17.0. The molecule has 2 rings (SSSR count). The summed E-state index contributed by atoms with van der Waals surface area (Å²) in [6.07, 6.45) is -1.01. The maximum atomic E-state index is 13.0. The van der Waals surface area contributed by atoms with Gasteiger partial charge in [0, 0.05) is 5.92 Å². The average Bonchev–Trinajstić information content (AvgIpc) is 2.67. The van der Waals surface area contributed by atoms with Gasteiger partial charge in [-0.2, -0.15) is 0 Å². The molecule has 1 aromatic carbocycles. The molecule has 2 N–H and O–H groups in total. The number of benzene rings is 1. The second-order valence-electron chi connectivity index (χ2n) is 6.62. The van der Waals surface area contributed by atoms with Crippen molar-refractivity contribution in [2.45, 2.75) is 32.8 Å². The number of carbonyl (C=O) groups is 2. The number of nitrogens with two attached hydrogens (primary N) is 1. The van der Waals surface area contributed by atoms with E-state index >= 15 is 0 Å². The lowest BCUT2D eigenvalue weighted by Gasteiger charge is -2.31. The Kier molecular flexibility index (Phi) is 8.23. The number of amidine groups is 1. The van der Waals surface area contributed by atoms with Crippen molar-refractivity contribution in [2.75, 3.05) is 13.2 Å². The molecular weight excluding hydrogens is 453 g/mol. The van der Waals surface area contributed by atoms with Gasteiger partial charge >= 0.3 is 11.9 Å². The normalized spacial score (nSPS) is 19.3. The Hall–Kier alpha value is -2.85. The van der Waals surface area contributed by atoms with E-state index in [-0.39, 0.29) is 33.8 Å². The van der Waals surface area contributed by atoms with Crippen LogP contribution in [-0.2, 0) is 23.9 Å². The Morgan fingerprint density at radius 1 is 1.32 bits per heavy atom. The van der Waals surface area contributed by atoms with Gasteiger partial charge in [-0.15, -0.1) is 10.1 Å². The number of hydrogen-bond acceptors (Lipinski definition) is 9. The Bertz CT molecular complexity index is 948. The van der Waals surface area contributed by atoms with Crippen LogP contribution in [0.1, 0.15) is 32.3 Å². The summed E-state index contributed by atoms with van der Waals surface area (Å²) in [5.74, 6) is -3.77. The van der Waals surface area contributed by atoms with Gasteiger partial charge in [-0.3, -0.25) is 4.79 Å². The number of aliphatic imine (C=N–C) groups is 1. The fraction of sp³-hybridized carbons (Fsp3) is 0.421. The van der Waals surface area contributed by atoms with Crippen LogP contribution in [0.2, 0.25) is 10.0 Å². The van der Waals surface area contributed by atoms with Crippen LogP contribution in [-0.4, -0.2) is 42.2 Å². The van der Waals surface area contributed by atoms with Crippen molar-refractivity contribution < 1.29 is 29.0 Å². The largest absolute Gasteiger partial charge is 0.465 e. The molecule has 0 aromatic heterocycles. The highest BCUT2D eigenvalue weighted by Crippen LogP contribution is 2.43. The number of ether oxygens (including phenoxy) is 2. The first-order chi connectivity index (χ1) is 14.6. The highest BCUT2D eigenvalue weighted by Gasteiger charge is 2.44. The third-order valence-electron chi connectivity index (χ3n) is 4.44. The predicted molar refractivity (Wildman–Crippen MR) is 112 cm³/mol. The van der Waals surface area contributed by atoms with E-state index in [9.17, 15) is 19.7 Å². The maximum absolute atomic E-state index is 13.0. The Morgan fingerprint density at radius 2 is 2.00 bits per heavy atom. The van der Waals surface area contributed by atoms with Gasteiger partial charge in [-0.05, 0) is 32.4 Å². The number of rotatable bonds is 8. The molecule has 10 nitrogen and oxygen atoms in total. The Morgan fingerprint density at radius 3 is 2.61 bits per heavy atom. The summed E-state index contributed by atoms with van der Waals surface area (Å²) in [4.78, 5) is 44.6. The number of hydrogen-bond donors (Lipinski definition) is 1. The molecule has 3 unspecified atom stereocenters. The second-order valence-corrected chi connectivity index (χ2v) is 7.41. The molecule has 0 radical (unpaired) electrons. The molecule has 3 atom stereocenters. The highest BCUT2D eigenvalue weighted by molar-refractivity contribution is 6.42. The van der Waals surface area contributed by atoms with Gasteiger partial charge in [0.2, 0.25) is 0 Å². The molecule has 1 aliphatic rings. The zero-order valence-corrected chi connectivity index (χ0v) is 18.5. The number of nitrogens with zero attached hydrogens (tertiary/aromatic N) is 2. The second kappa shape index (κ2) is 10.5. The average molecular weight is 474 g/mol. The van der Waals surface area contributed by atoms with Crippen molar-refractivity contribution in [3.05, 3.63) is 55.2 Å². The molecule has 31 heavy (non-hydrogen) atoms. The Balaban J connectivity index is 2.52. The van der Waals surface area contributed by atoms with Crippen LogP contribution < -0.4 is 5.73 Å². The van der Waals surface area contributed by atoms with Gasteiger partial charge in [-0.25, -0.2) is 9.79 Å². The highest BCUT2D eigenvalue weighted by atomic mass is 35.5. The van der Waals surface area contributed by atoms with Gasteiger partial charge < -0.3 is 20.0 Å². The van der Waals surface area contributed by atoms with Crippen LogP contribution >= 0.6 is 23.2 Å². The van der Waals surface area contributed by atoms with E-state index in [0.717, 1.165) is 0 Å². The molecule has 0 fully saturated rings. The van der Waals surface area contributed by atoms with Crippen molar-refractivity contribution >= 4 is 41.0 Å². The van der Waals surface area contributed by atoms with Crippen LogP contribution in [0.15, 0.2) is 34.5 Å². The van der Waals surface area contributed by atoms with Crippen molar-refractivity contribution in [2.24, 2.45) is 16.6 Å². The summed E-state index contributed by atoms with van der Waals surface area (Å²) < 4.78 is 10.3. The third-order valence-corrected chi connectivity index (χ3v) is 5.28. The van der Waals surface area contributed by atoms with Crippen LogP contribution in [0, 0.1) is 16.0 Å². The summed E-state index contributed by atoms with van der Waals surface area (Å²) in [6, 6.07) is 4.76. The standard InChI is InChI=1S/C19H21Cl2N3O7/c1-4-29-19(26)15-14(11-6-5-7-12(20)16(11)21)13(10(3)23-17(15)22)18(25)30-8-9(2)31-24(27)28/h5-7,9,14-15H,4,8H2,1-3H3,(H2,22,23). The van der Waals surface area contributed by atoms with Crippen molar-refractivity contribution in [3.8, 4) is 0 Å². The topological polar surface area (TPSA) is 143 Å². The van der Waals surface area contributed by atoms with Crippen LogP contribution in [0.25, 0.3) is 0 Å². The van der Waals surface area contributed by atoms with E-state index < -0.39 is 41.6 Å². The number of allylic oxidation sites excluding steroid dienone is 1. The first kappa shape index (κ1) is 24.4. The number of carbonyl (C=O) groups excluding carboxylic acids is 2. The van der Waals surface area contributed by atoms with Crippen molar-refractivity contribution in [1.29, 1.82) is 0 Å². The minimum atomic E-state index is -1.16. The molecule has 0 spiro atoms. The Labute approximate surface area is 188 Å². The summed E-state index contributed by atoms with van der Waals surface area (Å²) in [5.41, 5.74) is 6.61. The zero-order chi connectivity index (χ0) is 23.3. The summed E-state index contributed by atoms with van der Waals surface area (Å²) in [7, 11) is 0. The van der Waals surface area contributed by atoms with Gasteiger partial charge in [0.25, 0.3) is 5.09 Å². The van der Waals surface area contributed by atoms with Gasteiger partial charge in [0.15, 0.2) is 0 Å². The molecular formula is C19H21Cl2N3O7. The summed E-state index contributed by atoms with van der Waals surface area (Å²) >= 11 is 12.5. The van der Waals surface area contributed by atoms with Gasteiger partial charge in [0.1, 0.15) is 24.5 Å². The molecule has 0 saturated heterocycles. The lowest BCUT2D eigenvalue weighted by atomic mass is 9.77. The fourth-order valence-corrected chi connectivity index (χ4v) is 3.62. The minimum absolute atomic E-state index is 0.00437. The monoisotopic (exact) mass is 473 g/mol. The van der Waals surface area contributed by atoms with E-state index in [0.29, 0.717) is 5.56 Å². The SMILES string of the molecule is CCOC(=O)C1C(N)=NC(C)=C(C(=O)OCC(C)O[N+](=O)[O-])C1c1cccc(Cl)c1Cl. The minimum Gasteiger partial charge on any atom is -0.465 e. The van der Waals surface area contributed by atoms with Crippen molar-refractivity contribution in [3.63, 3.8) is 0 Å². The number of halogens is 2. The lowest BCUT2D eigenvalue weighted by Crippen LogP contribution is -2.41. The first-order valence-electron chi connectivity index (χ1n) is 9.22. The maximum Gasteiger partial charge on any atom is 0.336 e. The summed E-state index contributed by atoms with van der Waals surface area (Å²) in [6.45, 7) is 4.18. The molecule has 0 saturated carbocycles.